The van der Waals surface area contributed by atoms with Crippen molar-refractivity contribution in [3.63, 3.8) is 0 Å². The van der Waals surface area contributed by atoms with Crippen molar-refractivity contribution in [1.29, 1.82) is 0 Å². The molecule has 0 atom stereocenters. The van der Waals surface area contributed by atoms with E-state index in [9.17, 15) is 8.42 Å². The molecular weight excluding hydrogens is 386 g/mol. The van der Waals surface area contributed by atoms with Gasteiger partial charge in [-0.1, -0.05) is 11.6 Å². The molecule has 0 unspecified atom stereocenters. The number of halogens is 2. The van der Waals surface area contributed by atoms with Crippen LogP contribution in [-0.2, 0) is 10.0 Å². The van der Waals surface area contributed by atoms with Crippen LogP contribution in [-0.4, -0.2) is 15.0 Å². The maximum atomic E-state index is 12.3. The first-order chi connectivity index (χ1) is 9.44. The molecule has 0 spiro atoms. The zero-order chi connectivity index (χ0) is 14.8. The van der Waals surface area contributed by atoms with E-state index in [4.69, 9.17) is 16.3 Å². The average molecular weight is 397 g/mol. The van der Waals surface area contributed by atoms with Crippen LogP contribution in [0.3, 0.4) is 0 Å². The average Bonchev–Trinajstić information content (AvgIpc) is 2.79. The Labute approximate surface area is 134 Å². The maximum Gasteiger partial charge on any atom is 0.272 e. The molecule has 108 valence electrons. The van der Waals surface area contributed by atoms with Crippen LogP contribution >= 0.6 is 38.9 Å². The zero-order valence-electron chi connectivity index (χ0n) is 10.4. The van der Waals surface area contributed by atoms with Gasteiger partial charge in [0.05, 0.1) is 12.3 Å². The van der Waals surface area contributed by atoms with Crippen molar-refractivity contribution in [1.82, 2.24) is 0 Å². The summed E-state index contributed by atoms with van der Waals surface area (Å²) in [5, 5.41) is 2.12. The number of hydrogen-bond donors (Lipinski definition) is 1. The predicted molar refractivity (Wildman–Crippen MR) is 85.4 cm³/mol. The van der Waals surface area contributed by atoms with Crippen LogP contribution < -0.4 is 9.46 Å². The van der Waals surface area contributed by atoms with Gasteiger partial charge in [-0.25, -0.2) is 8.42 Å². The van der Waals surface area contributed by atoms with Gasteiger partial charge in [0.15, 0.2) is 4.21 Å². The monoisotopic (exact) mass is 395 g/mol. The van der Waals surface area contributed by atoms with Crippen LogP contribution in [0.5, 0.6) is 5.75 Å². The second-order valence-corrected chi connectivity index (χ2v) is 7.82. The second-order valence-electron chi connectivity index (χ2n) is 3.73. The van der Waals surface area contributed by atoms with Gasteiger partial charge in [-0.3, -0.25) is 4.72 Å². The molecule has 0 amide bonds. The lowest BCUT2D eigenvalue weighted by Crippen LogP contribution is -2.13. The summed E-state index contributed by atoms with van der Waals surface area (Å²) >= 11 is 10.2. The Morgan fingerprint density at radius 1 is 1.40 bits per heavy atom. The highest BCUT2D eigenvalue weighted by atomic mass is 79.9. The van der Waals surface area contributed by atoms with E-state index in [1.165, 1.54) is 6.07 Å². The molecule has 0 fully saturated rings. The van der Waals surface area contributed by atoms with Crippen LogP contribution in [0.15, 0.2) is 38.3 Å². The Bertz CT molecular complexity index is 715. The lowest BCUT2D eigenvalue weighted by Gasteiger charge is -2.12. The van der Waals surface area contributed by atoms with Gasteiger partial charge in [0.2, 0.25) is 0 Å². The molecule has 0 aliphatic rings. The molecule has 1 N–H and O–H groups in total. The number of hydrogen-bond acceptors (Lipinski definition) is 4. The molecule has 8 heteroatoms. The normalized spacial score (nSPS) is 11.3. The van der Waals surface area contributed by atoms with Crippen LogP contribution in [0.4, 0.5) is 5.69 Å². The van der Waals surface area contributed by atoms with Crippen LogP contribution in [0.2, 0.25) is 5.02 Å². The van der Waals surface area contributed by atoms with Crippen molar-refractivity contribution in [3.8, 4) is 5.75 Å². The summed E-state index contributed by atoms with van der Waals surface area (Å²) in [4.78, 5) is 0. The number of anilines is 1. The van der Waals surface area contributed by atoms with Gasteiger partial charge in [-0.2, -0.15) is 0 Å². The molecule has 0 bridgehead atoms. The third-order valence-corrected chi connectivity index (χ3v) is 6.58. The summed E-state index contributed by atoms with van der Waals surface area (Å²) < 4.78 is 33.3. The van der Waals surface area contributed by atoms with Crippen molar-refractivity contribution in [3.05, 3.63) is 39.1 Å². The molecule has 1 aromatic heterocycles. The first-order valence-corrected chi connectivity index (χ1v) is 9.15. The maximum absolute atomic E-state index is 12.3. The zero-order valence-corrected chi connectivity index (χ0v) is 14.4. The van der Waals surface area contributed by atoms with E-state index < -0.39 is 10.0 Å². The molecule has 2 rings (SSSR count). The molecule has 0 saturated carbocycles. The van der Waals surface area contributed by atoms with Crippen LogP contribution in [0, 0.1) is 0 Å². The minimum Gasteiger partial charge on any atom is -0.492 e. The minimum atomic E-state index is -3.68. The molecule has 2 aromatic rings. The molecule has 1 heterocycles. The van der Waals surface area contributed by atoms with Crippen molar-refractivity contribution < 1.29 is 13.2 Å². The van der Waals surface area contributed by atoms with E-state index in [-0.39, 0.29) is 4.21 Å². The summed E-state index contributed by atoms with van der Waals surface area (Å²) in [7, 11) is -3.68. The Kier molecular flexibility index (Phi) is 4.95. The first-order valence-electron chi connectivity index (χ1n) is 5.62. The molecule has 20 heavy (non-hydrogen) atoms. The summed E-state index contributed by atoms with van der Waals surface area (Å²) in [5.41, 5.74) is 0.319. The van der Waals surface area contributed by atoms with Crippen LogP contribution in [0.25, 0.3) is 0 Å². The van der Waals surface area contributed by atoms with E-state index in [0.29, 0.717) is 27.5 Å². The summed E-state index contributed by atoms with van der Waals surface area (Å²) in [6.45, 7) is 2.25. The lowest BCUT2D eigenvalue weighted by atomic mass is 10.3. The smallest absolute Gasteiger partial charge is 0.272 e. The van der Waals surface area contributed by atoms with Gasteiger partial charge in [0.1, 0.15) is 5.75 Å². The van der Waals surface area contributed by atoms with E-state index >= 15 is 0 Å². The molecule has 0 aliphatic heterocycles. The lowest BCUT2D eigenvalue weighted by molar-refractivity contribution is 0.342. The van der Waals surface area contributed by atoms with E-state index in [1.54, 1.807) is 23.6 Å². The standard InChI is InChI=1S/C12H11BrClNO3S2/c1-2-18-11-4-3-8(14)7-10(11)15-20(16,17)12-9(13)5-6-19-12/h3-7,15H,2H2,1H3. The molecule has 1 aromatic carbocycles. The molecule has 0 aliphatic carbocycles. The van der Waals surface area contributed by atoms with E-state index in [0.717, 1.165) is 11.3 Å². The topological polar surface area (TPSA) is 55.4 Å². The summed E-state index contributed by atoms with van der Waals surface area (Å²) in [6.07, 6.45) is 0. The van der Waals surface area contributed by atoms with Gasteiger partial charge >= 0.3 is 0 Å². The third kappa shape index (κ3) is 3.46. The summed E-state index contributed by atoms with van der Waals surface area (Å²) in [5.74, 6) is 0.438. The van der Waals surface area contributed by atoms with Crippen molar-refractivity contribution in [2.45, 2.75) is 11.1 Å². The fraction of sp³-hybridized carbons (Fsp3) is 0.167. The molecule has 4 nitrogen and oxygen atoms in total. The number of ether oxygens (including phenoxy) is 1. The largest absolute Gasteiger partial charge is 0.492 e. The van der Waals surface area contributed by atoms with E-state index in [1.807, 2.05) is 6.92 Å². The Balaban J connectivity index is 2.39. The van der Waals surface area contributed by atoms with E-state index in [2.05, 4.69) is 20.7 Å². The fourth-order valence-electron chi connectivity index (χ4n) is 1.53. The SMILES string of the molecule is CCOc1ccc(Cl)cc1NS(=O)(=O)c1sccc1Br. The Morgan fingerprint density at radius 3 is 2.75 bits per heavy atom. The highest BCUT2D eigenvalue weighted by Crippen LogP contribution is 2.33. The highest BCUT2D eigenvalue weighted by molar-refractivity contribution is 9.10. The summed E-state index contributed by atoms with van der Waals surface area (Å²) in [6, 6.07) is 6.48. The quantitative estimate of drug-likeness (QED) is 0.817. The number of rotatable bonds is 5. The van der Waals surface area contributed by atoms with Gasteiger partial charge < -0.3 is 4.74 Å². The van der Waals surface area contributed by atoms with Crippen molar-refractivity contribution in [2.75, 3.05) is 11.3 Å². The number of sulfonamides is 1. The van der Waals surface area contributed by atoms with Crippen molar-refractivity contribution in [2.24, 2.45) is 0 Å². The molecular formula is C12H11BrClNO3S2. The first kappa shape index (κ1) is 15.6. The van der Waals surface area contributed by atoms with Gasteiger partial charge in [0, 0.05) is 9.50 Å². The minimum absolute atomic E-state index is 0.208. The van der Waals surface area contributed by atoms with Crippen molar-refractivity contribution >= 4 is 54.6 Å². The molecule has 0 radical (unpaired) electrons. The van der Waals surface area contributed by atoms with Gasteiger partial charge in [-0.15, -0.1) is 11.3 Å². The Hall–Kier alpha value is -0.760. The predicted octanol–water partition coefficient (Wildman–Crippen LogP) is 4.36. The number of nitrogens with one attached hydrogen (secondary N) is 1. The fourth-order valence-corrected chi connectivity index (χ4v) is 5.10. The number of benzene rings is 1. The number of thiophene rings is 1. The highest BCUT2D eigenvalue weighted by Gasteiger charge is 2.21. The second kappa shape index (κ2) is 6.34. The molecule has 0 saturated heterocycles. The van der Waals surface area contributed by atoms with Crippen LogP contribution in [0.1, 0.15) is 6.92 Å². The van der Waals surface area contributed by atoms with Gasteiger partial charge in [0.25, 0.3) is 10.0 Å². The Morgan fingerprint density at radius 2 is 2.15 bits per heavy atom. The third-order valence-electron chi connectivity index (χ3n) is 2.31. The van der Waals surface area contributed by atoms with Gasteiger partial charge in [-0.05, 0) is 52.5 Å².